The minimum absolute atomic E-state index is 0.0789. The van der Waals surface area contributed by atoms with Crippen LogP contribution in [0.1, 0.15) is 26.4 Å². The predicted molar refractivity (Wildman–Crippen MR) is 57.6 cm³/mol. The Labute approximate surface area is 95.7 Å². The predicted octanol–water partition coefficient (Wildman–Crippen LogP) is 2.08. The fraction of sp³-hybridized carbons (Fsp3) is 0. The number of carboxylic acid groups (broad SMARTS) is 1. The monoisotopic (exact) mass is 233 g/mol. The molecular weight excluding hydrogens is 225 g/mol. The van der Waals surface area contributed by atoms with Crippen molar-refractivity contribution in [3.63, 3.8) is 0 Å². The van der Waals surface area contributed by atoms with Gasteiger partial charge in [-0.3, -0.25) is 4.79 Å². The second kappa shape index (κ2) is 4.21. The molecule has 0 saturated heterocycles. The van der Waals surface area contributed by atoms with Crippen molar-refractivity contribution in [3.8, 4) is 0 Å². The average Bonchev–Trinajstić information content (AvgIpc) is 2.77. The molecule has 0 fully saturated rings. The Kier molecular flexibility index (Phi) is 2.74. The van der Waals surface area contributed by atoms with Crippen molar-refractivity contribution in [1.29, 1.82) is 0 Å². The number of aromatic nitrogens is 1. The van der Waals surface area contributed by atoms with Crippen LogP contribution in [0.5, 0.6) is 0 Å². The van der Waals surface area contributed by atoms with Gasteiger partial charge in [0.15, 0.2) is 5.78 Å². The number of hydrogen-bond acceptors (Lipinski definition) is 2. The van der Waals surface area contributed by atoms with E-state index in [1.807, 2.05) is 0 Å². The van der Waals surface area contributed by atoms with Gasteiger partial charge in [-0.25, -0.2) is 9.18 Å². The summed E-state index contributed by atoms with van der Waals surface area (Å²) < 4.78 is 12.9. The van der Waals surface area contributed by atoms with E-state index in [1.165, 1.54) is 30.5 Å². The number of rotatable bonds is 3. The van der Waals surface area contributed by atoms with E-state index in [2.05, 4.69) is 4.98 Å². The van der Waals surface area contributed by atoms with Crippen molar-refractivity contribution in [2.24, 2.45) is 0 Å². The second-order valence-corrected chi connectivity index (χ2v) is 3.45. The zero-order valence-electron chi connectivity index (χ0n) is 8.61. The lowest BCUT2D eigenvalue weighted by molar-refractivity contribution is 0.0691. The fourth-order valence-corrected chi connectivity index (χ4v) is 1.45. The summed E-state index contributed by atoms with van der Waals surface area (Å²) in [7, 11) is 0. The van der Waals surface area contributed by atoms with Crippen molar-refractivity contribution >= 4 is 11.8 Å². The maximum absolute atomic E-state index is 12.9. The van der Waals surface area contributed by atoms with Gasteiger partial charge in [0, 0.05) is 17.3 Å². The largest absolute Gasteiger partial charge is 0.477 e. The molecular formula is C12H8FNO3. The summed E-state index contributed by atoms with van der Waals surface area (Å²) in [5.74, 6) is -2.08. The van der Waals surface area contributed by atoms with Gasteiger partial charge in [0.05, 0.1) is 0 Å². The third-order valence-corrected chi connectivity index (χ3v) is 2.26. The molecule has 1 aromatic carbocycles. The highest BCUT2D eigenvalue weighted by Crippen LogP contribution is 2.12. The molecule has 0 spiro atoms. The molecule has 0 aliphatic rings. The number of halogens is 1. The van der Waals surface area contributed by atoms with Crippen LogP contribution in [0.2, 0.25) is 0 Å². The Morgan fingerprint density at radius 2 is 1.94 bits per heavy atom. The zero-order valence-corrected chi connectivity index (χ0v) is 8.61. The van der Waals surface area contributed by atoms with Gasteiger partial charge in [0.2, 0.25) is 0 Å². The van der Waals surface area contributed by atoms with Crippen molar-refractivity contribution in [2.75, 3.05) is 0 Å². The summed E-state index contributed by atoms with van der Waals surface area (Å²) in [5.41, 5.74) is 0.290. The lowest BCUT2D eigenvalue weighted by atomic mass is 10.1. The first kappa shape index (κ1) is 11.1. The third kappa shape index (κ3) is 2.23. The van der Waals surface area contributed by atoms with Crippen LogP contribution in [-0.2, 0) is 0 Å². The molecule has 0 aliphatic carbocycles. The van der Waals surface area contributed by atoms with Crippen LogP contribution in [0.15, 0.2) is 36.5 Å². The van der Waals surface area contributed by atoms with Crippen molar-refractivity contribution in [3.05, 3.63) is 59.2 Å². The summed E-state index contributed by atoms with van der Waals surface area (Å²) >= 11 is 0. The minimum Gasteiger partial charge on any atom is -0.477 e. The van der Waals surface area contributed by atoms with Crippen LogP contribution in [0.3, 0.4) is 0 Å². The van der Waals surface area contributed by atoms with E-state index in [9.17, 15) is 14.0 Å². The van der Waals surface area contributed by atoms with Gasteiger partial charge in [0.1, 0.15) is 11.5 Å². The van der Waals surface area contributed by atoms with Gasteiger partial charge in [0.25, 0.3) is 0 Å². The van der Waals surface area contributed by atoms with E-state index >= 15 is 0 Å². The molecule has 1 heterocycles. The molecule has 0 amide bonds. The maximum Gasteiger partial charge on any atom is 0.352 e. The molecule has 86 valence electrons. The van der Waals surface area contributed by atoms with E-state index in [0.29, 0.717) is 0 Å². The van der Waals surface area contributed by atoms with E-state index in [1.54, 1.807) is 0 Å². The summed E-state index contributed by atoms with van der Waals surface area (Å²) in [4.78, 5) is 24.9. The van der Waals surface area contributed by atoms with E-state index in [4.69, 9.17) is 5.11 Å². The number of benzene rings is 1. The van der Waals surface area contributed by atoms with Crippen molar-refractivity contribution < 1.29 is 19.1 Å². The topological polar surface area (TPSA) is 70.2 Å². The third-order valence-electron chi connectivity index (χ3n) is 2.26. The summed E-state index contributed by atoms with van der Waals surface area (Å²) in [6, 6.07) is 6.45. The molecule has 2 rings (SSSR count). The van der Waals surface area contributed by atoms with Gasteiger partial charge in [-0.05, 0) is 18.2 Å². The van der Waals surface area contributed by atoms with Gasteiger partial charge in [-0.15, -0.1) is 0 Å². The highest BCUT2D eigenvalue weighted by molar-refractivity contribution is 6.09. The Morgan fingerprint density at radius 3 is 2.53 bits per heavy atom. The van der Waals surface area contributed by atoms with Crippen LogP contribution in [0.25, 0.3) is 0 Å². The first-order chi connectivity index (χ1) is 8.08. The number of nitrogens with one attached hydrogen (secondary N) is 1. The lowest BCUT2D eigenvalue weighted by Gasteiger charge is -1.97. The molecule has 17 heavy (non-hydrogen) atoms. The number of hydrogen-bond donors (Lipinski definition) is 2. The van der Waals surface area contributed by atoms with Gasteiger partial charge in [-0.2, -0.15) is 0 Å². The van der Waals surface area contributed by atoms with Crippen LogP contribution >= 0.6 is 0 Å². The van der Waals surface area contributed by atoms with Crippen LogP contribution < -0.4 is 0 Å². The number of aromatic amines is 1. The molecule has 0 radical (unpaired) electrons. The molecule has 0 saturated carbocycles. The maximum atomic E-state index is 12.9. The average molecular weight is 233 g/mol. The molecule has 0 atom stereocenters. The quantitative estimate of drug-likeness (QED) is 0.797. The number of ketones is 1. The van der Waals surface area contributed by atoms with Crippen LogP contribution in [0.4, 0.5) is 4.39 Å². The molecule has 1 aromatic heterocycles. The molecule has 0 unspecified atom stereocenters. The van der Waals surface area contributed by atoms with E-state index in [-0.39, 0.29) is 16.8 Å². The zero-order chi connectivity index (χ0) is 12.4. The molecule has 4 nitrogen and oxygen atoms in total. The minimum atomic E-state index is -1.15. The Balaban J connectivity index is 2.34. The standard InChI is InChI=1S/C12H8FNO3/c13-9-3-1-2-7(4-9)11(15)8-5-10(12(16)17)14-6-8/h1-6,14H,(H,16,17). The normalized spacial score (nSPS) is 10.2. The number of carbonyl (C=O) groups excluding carboxylic acids is 1. The number of H-pyrrole nitrogens is 1. The van der Waals surface area contributed by atoms with E-state index < -0.39 is 17.6 Å². The molecule has 2 N–H and O–H groups in total. The molecule has 0 aliphatic heterocycles. The van der Waals surface area contributed by atoms with Gasteiger partial charge >= 0.3 is 5.97 Å². The summed E-state index contributed by atoms with van der Waals surface area (Å²) in [6.45, 7) is 0. The summed E-state index contributed by atoms with van der Waals surface area (Å²) in [6.07, 6.45) is 1.29. The van der Waals surface area contributed by atoms with Crippen LogP contribution in [-0.4, -0.2) is 21.8 Å². The Bertz CT molecular complexity index is 589. The Hall–Kier alpha value is -2.43. The van der Waals surface area contributed by atoms with Crippen molar-refractivity contribution in [2.45, 2.75) is 0 Å². The SMILES string of the molecule is O=C(c1cccc(F)c1)c1c[nH]c(C(=O)O)c1. The highest BCUT2D eigenvalue weighted by atomic mass is 19.1. The first-order valence-corrected chi connectivity index (χ1v) is 4.80. The first-order valence-electron chi connectivity index (χ1n) is 4.80. The molecule has 2 aromatic rings. The van der Waals surface area contributed by atoms with E-state index in [0.717, 1.165) is 6.07 Å². The Morgan fingerprint density at radius 1 is 1.18 bits per heavy atom. The van der Waals surface area contributed by atoms with Crippen molar-refractivity contribution in [1.82, 2.24) is 4.98 Å². The smallest absolute Gasteiger partial charge is 0.352 e. The molecule has 0 bridgehead atoms. The number of aromatic carboxylic acids is 1. The van der Waals surface area contributed by atoms with Gasteiger partial charge in [-0.1, -0.05) is 12.1 Å². The fourth-order valence-electron chi connectivity index (χ4n) is 1.45. The molecule has 5 heteroatoms. The lowest BCUT2D eigenvalue weighted by Crippen LogP contribution is -2.00. The summed E-state index contributed by atoms with van der Waals surface area (Å²) in [5, 5.41) is 8.69. The highest BCUT2D eigenvalue weighted by Gasteiger charge is 2.14. The van der Waals surface area contributed by atoms with Crippen LogP contribution in [0, 0.1) is 5.82 Å². The van der Waals surface area contributed by atoms with Gasteiger partial charge < -0.3 is 10.1 Å². The number of carboxylic acids is 1. The number of carbonyl (C=O) groups is 2. The second-order valence-electron chi connectivity index (χ2n) is 3.45.